The second kappa shape index (κ2) is 4.28. The molecule has 1 aliphatic rings. The Morgan fingerprint density at radius 2 is 2.14 bits per heavy atom. The zero-order valence-corrected chi connectivity index (χ0v) is 9.76. The second-order valence-corrected chi connectivity index (χ2v) is 4.69. The van der Waals surface area contributed by atoms with Crippen molar-refractivity contribution in [2.45, 2.75) is 19.9 Å². The molecule has 14 heavy (non-hydrogen) atoms. The van der Waals surface area contributed by atoms with Crippen LogP contribution < -0.4 is 5.84 Å². The molecule has 0 radical (unpaired) electrons. The Morgan fingerprint density at radius 1 is 1.57 bits per heavy atom. The highest BCUT2D eigenvalue weighted by atomic mass is 32.2. The molecule has 1 heterocycles. The molecular weight excluding hydrogens is 224 g/mol. The lowest BCUT2D eigenvalue weighted by molar-refractivity contribution is 0.195. The molecule has 1 aliphatic heterocycles. The van der Waals surface area contributed by atoms with Gasteiger partial charge in [-0.2, -0.15) is 0 Å². The van der Waals surface area contributed by atoms with Gasteiger partial charge in [0.25, 0.3) is 11.2 Å². The summed E-state index contributed by atoms with van der Waals surface area (Å²) < 4.78 is 16.4. The van der Waals surface area contributed by atoms with Crippen LogP contribution in [0.4, 0.5) is 4.79 Å². The van der Waals surface area contributed by atoms with E-state index in [4.69, 9.17) is 5.84 Å². The molecule has 0 bridgehead atoms. The highest BCUT2D eigenvalue weighted by Crippen LogP contribution is 2.17. The molecule has 1 atom stereocenters. The van der Waals surface area contributed by atoms with Gasteiger partial charge in [-0.05, 0) is 20.1 Å². The topological polar surface area (TPSA) is 79.0 Å². The van der Waals surface area contributed by atoms with Gasteiger partial charge in [-0.3, -0.25) is 0 Å². The van der Waals surface area contributed by atoms with Crippen LogP contribution in [0.15, 0.2) is 4.40 Å². The number of amides is 2. The van der Waals surface area contributed by atoms with Crippen molar-refractivity contribution in [2.75, 3.05) is 6.26 Å². The van der Waals surface area contributed by atoms with Crippen LogP contribution in [0.5, 0.6) is 0 Å². The van der Waals surface area contributed by atoms with E-state index in [2.05, 4.69) is 4.40 Å². The first-order valence-corrected chi connectivity index (χ1v) is 6.20. The number of rotatable bonds is 1. The van der Waals surface area contributed by atoms with E-state index in [9.17, 15) is 9.00 Å². The van der Waals surface area contributed by atoms with Crippen LogP contribution in [0, 0.1) is 0 Å². The number of hydrogen-bond acceptors (Lipinski definition) is 4. The van der Waals surface area contributed by atoms with Gasteiger partial charge in [0, 0.05) is 6.04 Å². The first-order valence-electron chi connectivity index (χ1n) is 3.91. The fraction of sp³-hybridized carbons (Fsp3) is 0.667. The van der Waals surface area contributed by atoms with E-state index < -0.39 is 17.2 Å². The van der Waals surface area contributed by atoms with Gasteiger partial charge in [-0.25, -0.2) is 24.2 Å². The fourth-order valence-corrected chi connectivity index (χ4v) is 2.60. The first-order chi connectivity index (χ1) is 6.49. The Hall–Kier alpha value is -0.600. The summed E-state index contributed by atoms with van der Waals surface area (Å²) in [5, 5.41) is 1.18. The van der Waals surface area contributed by atoms with E-state index in [1.165, 1.54) is 11.8 Å². The molecule has 8 heteroatoms. The van der Waals surface area contributed by atoms with Gasteiger partial charge in [0.1, 0.15) is 0 Å². The summed E-state index contributed by atoms with van der Waals surface area (Å²) in [7, 11) is 0. The molecule has 80 valence electrons. The van der Waals surface area contributed by atoms with Gasteiger partial charge >= 0.3 is 6.03 Å². The van der Waals surface area contributed by atoms with Crippen molar-refractivity contribution in [1.29, 1.82) is 0 Å². The maximum atomic E-state index is 11.6. The predicted molar refractivity (Wildman–Crippen MR) is 57.5 cm³/mol. The van der Waals surface area contributed by atoms with Crippen molar-refractivity contribution in [3.05, 3.63) is 0 Å². The molecule has 0 fully saturated rings. The highest BCUT2D eigenvalue weighted by molar-refractivity contribution is 8.13. The summed E-state index contributed by atoms with van der Waals surface area (Å²) in [5.41, 5.74) is 0. The summed E-state index contributed by atoms with van der Waals surface area (Å²) >= 11 is -0.474. The van der Waals surface area contributed by atoms with Crippen LogP contribution in [-0.2, 0) is 11.2 Å². The van der Waals surface area contributed by atoms with Crippen LogP contribution >= 0.6 is 11.8 Å². The number of hydrogen-bond donors (Lipinski definition) is 1. The number of carbonyl (C=O) groups is 1. The minimum atomic E-state index is -1.66. The molecule has 0 saturated carbocycles. The standard InChI is InChI=1S/C6H12N4O2S2/c1-4(2)10-6(11)9(7)5(13-3)8-14(10)12/h4H,7H2,1-3H3. The van der Waals surface area contributed by atoms with Gasteiger partial charge in [0.2, 0.25) is 0 Å². The van der Waals surface area contributed by atoms with Crippen LogP contribution in [-0.4, -0.2) is 37.0 Å². The van der Waals surface area contributed by atoms with Crippen molar-refractivity contribution in [2.24, 2.45) is 10.2 Å². The molecule has 6 nitrogen and oxygen atoms in total. The molecular formula is C6H12N4O2S2. The Morgan fingerprint density at radius 3 is 2.57 bits per heavy atom. The zero-order valence-electron chi connectivity index (χ0n) is 8.13. The number of carbonyl (C=O) groups excluding carboxylic acids is 1. The largest absolute Gasteiger partial charge is 0.354 e. The molecule has 1 rings (SSSR count). The average Bonchev–Trinajstić information content (AvgIpc) is 2.10. The van der Waals surface area contributed by atoms with Crippen molar-refractivity contribution in [3.63, 3.8) is 0 Å². The summed E-state index contributed by atoms with van der Waals surface area (Å²) in [6, 6.07) is -0.681. The molecule has 2 amide bonds. The molecule has 0 aromatic heterocycles. The van der Waals surface area contributed by atoms with Crippen LogP contribution in [0.1, 0.15) is 13.8 Å². The van der Waals surface area contributed by atoms with Gasteiger partial charge in [-0.15, -0.1) is 4.40 Å². The minimum Gasteiger partial charge on any atom is -0.245 e. The van der Waals surface area contributed by atoms with E-state index in [1.807, 2.05) is 0 Å². The normalized spacial score (nSPS) is 23.1. The quantitative estimate of drug-likeness (QED) is 0.524. The van der Waals surface area contributed by atoms with Crippen molar-refractivity contribution >= 4 is 34.1 Å². The second-order valence-electron chi connectivity index (χ2n) is 2.88. The lowest BCUT2D eigenvalue weighted by atomic mass is 10.4. The van der Waals surface area contributed by atoms with Crippen molar-refractivity contribution in [1.82, 2.24) is 9.31 Å². The smallest absolute Gasteiger partial charge is 0.245 e. The lowest BCUT2D eigenvalue weighted by Gasteiger charge is -2.31. The van der Waals surface area contributed by atoms with Crippen molar-refractivity contribution in [3.8, 4) is 0 Å². The van der Waals surface area contributed by atoms with E-state index in [-0.39, 0.29) is 11.2 Å². The van der Waals surface area contributed by atoms with Gasteiger partial charge in [-0.1, -0.05) is 11.8 Å². The van der Waals surface area contributed by atoms with E-state index in [1.54, 1.807) is 20.1 Å². The van der Waals surface area contributed by atoms with Gasteiger partial charge in [0.15, 0.2) is 5.17 Å². The van der Waals surface area contributed by atoms with Crippen molar-refractivity contribution < 1.29 is 9.00 Å². The summed E-state index contributed by atoms with van der Waals surface area (Å²) in [6.07, 6.45) is 1.72. The Balaban J connectivity index is 3.03. The molecule has 1 unspecified atom stereocenters. The average molecular weight is 236 g/mol. The molecule has 0 saturated heterocycles. The molecule has 0 aliphatic carbocycles. The Bertz CT molecular complexity index is 304. The Kier molecular flexibility index (Phi) is 3.51. The SMILES string of the molecule is CSC1=NS(=O)N(C(C)C)C(=O)N1N. The van der Waals surface area contributed by atoms with Gasteiger partial charge < -0.3 is 0 Å². The molecule has 0 aromatic carbocycles. The molecule has 2 N–H and O–H groups in total. The summed E-state index contributed by atoms with van der Waals surface area (Å²) in [4.78, 5) is 11.6. The Labute approximate surface area is 89.2 Å². The van der Waals surface area contributed by atoms with Crippen LogP contribution in [0.3, 0.4) is 0 Å². The van der Waals surface area contributed by atoms with E-state index in [0.29, 0.717) is 0 Å². The summed E-state index contributed by atoms with van der Waals surface area (Å²) in [5.74, 6) is 5.48. The number of amidine groups is 1. The maximum absolute atomic E-state index is 11.6. The highest BCUT2D eigenvalue weighted by Gasteiger charge is 2.33. The number of hydrazine groups is 1. The third-order valence-electron chi connectivity index (χ3n) is 1.58. The number of thioether (sulfide) groups is 1. The number of nitrogens with zero attached hydrogens (tertiary/aromatic N) is 3. The van der Waals surface area contributed by atoms with Crippen LogP contribution in [0.2, 0.25) is 0 Å². The van der Waals surface area contributed by atoms with Crippen LogP contribution in [0.25, 0.3) is 0 Å². The van der Waals surface area contributed by atoms with E-state index in [0.717, 1.165) is 9.31 Å². The third-order valence-corrected chi connectivity index (χ3v) is 3.59. The number of nitrogens with two attached hydrogens (primary N) is 1. The fourth-order valence-electron chi connectivity index (χ4n) is 0.946. The molecule has 0 aromatic rings. The lowest BCUT2D eigenvalue weighted by Crippen LogP contribution is -2.55. The molecule has 0 spiro atoms. The van der Waals surface area contributed by atoms with E-state index >= 15 is 0 Å². The predicted octanol–water partition coefficient (Wildman–Crippen LogP) is 0.304. The first kappa shape index (κ1) is 11.5. The third kappa shape index (κ3) is 1.91. The number of urea groups is 1. The minimum absolute atomic E-state index is 0.193. The maximum Gasteiger partial charge on any atom is 0.354 e. The summed E-state index contributed by atoms with van der Waals surface area (Å²) in [6.45, 7) is 3.51. The zero-order chi connectivity index (χ0) is 10.9. The van der Waals surface area contributed by atoms with Gasteiger partial charge in [0.05, 0.1) is 0 Å². The monoisotopic (exact) mass is 236 g/mol.